The molecule has 134 valence electrons. The van der Waals surface area contributed by atoms with Crippen LogP contribution < -0.4 is 10.6 Å². The van der Waals surface area contributed by atoms with Crippen LogP contribution in [-0.2, 0) is 15.2 Å². The molecule has 3 N–H and O–H groups in total. The second-order valence-corrected chi connectivity index (χ2v) is 7.04. The van der Waals surface area contributed by atoms with Gasteiger partial charge in [0, 0.05) is 12.5 Å². The van der Waals surface area contributed by atoms with E-state index >= 15 is 0 Å². The van der Waals surface area contributed by atoms with Crippen molar-refractivity contribution in [3.8, 4) is 0 Å². The summed E-state index contributed by atoms with van der Waals surface area (Å²) in [5.41, 5.74) is -0.564. The summed E-state index contributed by atoms with van der Waals surface area (Å²) in [4.78, 5) is 24.0. The Hall–Kier alpha value is -1.82. The molecule has 0 saturated heterocycles. The highest BCUT2D eigenvalue weighted by molar-refractivity contribution is 5.87. The minimum absolute atomic E-state index is 0.0639. The molecule has 6 heteroatoms. The lowest BCUT2D eigenvalue weighted by Gasteiger charge is -2.27. The van der Waals surface area contributed by atoms with Gasteiger partial charge in [-0.15, -0.1) is 0 Å². The van der Waals surface area contributed by atoms with Crippen molar-refractivity contribution in [1.29, 1.82) is 0 Å². The van der Waals surface area contributed by atoms with Gasteiger partial charge in [-0.2, -0.15) is 0 Å². The third-order valence-corrected chi connectivity index (χ3v) is 4.74. The van der Waals surface area contributed by atoms with Gasteiger partial charge in [0.1, 0.15) is 23.2 Å². The van der Waals surface area contributed by atoms with E-state index in [9.17, 15) is 14.7 Å². The van der Waals surface area contributed by atoms with Gasteiger partial charge >= 0.3 is 0 Å². The van der Waals surface area contributed by atoms with Gasteiger partial charge in [-0.25, -0.2) is 0 Å². The van der Waals surface area contributed by atoms with Crippen molar-refractivity contribution in [2.45, 2.75) is 65.0 Å². The molecule has 2 atom stereocenters. The van der Waals surface area contributed by atoms with E-state index in [4.69, 9.17) is 4.42 Å². The van der Waals surface area contributed by atoms with Crippen molar-refractivity contribution in [3.05, 3.63) is 23.2 Å². The van der Waals surface area contributed by atoms with Crippen LogP contribution in [0.4, 0.5) is 0 Å². The third kappa shape index (κ3) is 4.38. The molecule has 1 heterocycles. The molecule has 2 amide bonds. The zero-order valence-electron chi connectivity index (χ0n) is 14.9. The SMILES string of the molecule is CC(=O)N[C@H](C(=O)NC[C@](C)(O)c1cc(C)oc1C)C1CCCC1. The number of aryl methyl sites for hydroxylation is 2. The van der Waals surface area contributed by atoms with E-state index in [-0.39, 0.29) is 24.3 Å². The van der Waals surface area contributed by atoms with E-state index in [0.29, 0.717) is 11.3 Å². The lowest BCUT2D eigenvalue weighted by atomic mass is 9.94. The first kappa shape index (κ1) is 18.5. The van der Waals surface area contributed by atoms with Crippen LogP contribution in [0.2, 0.25) is 0 Å². The third-order valence-electron chi connectivity index (χ3n) is 4.74. The maximum atomic E-state index is 12.6. The Morgan fingerprint density at radius 3 is 2.50 bits per heavy atom. The molecule has 1 aliphatic rings. The fraction of sp³-hybridized carbons (Fsp3) is 0.667. The van der Waals surface area contributed by atoms with Crippen LogP contribution in [0.15, 0.2) is 10.5 Å². The fourth-order valence-corrected chi connectivity index (χ4v) is 3.54. The van der Waals surface area contributed by atoms with Crippen molar-refractivity contribution < 1.29 is 19.1 Å². The van der Waals surface area contributed by atoms with Crippen molar-refractivity contribution >= 4 is 11.8 Å². The number of hydrogen-bond acceptors (Lipinski definition) is 4. The Balaban J connectivity index is 2.03. The first-order chi connectivity index (χ1) is 11.2. The minimum Gasteiger partial charge on any atom is -0.466 e. The van der Waals surface area contributed by atoms with Crippen LogP contribution in [-0.4, -0.2) is 29.5 Å². The number of nitrogens with one attached hydrogen (secondary N) is 2. The van der Waals surface area contributed by atoms with Gasteiger partial charge in [-0.05, 0) is 45.6 Å². The Bertz CT molecular complexity index is 600. The van der Waals surface area contributed by atoms with E-state index in [1.54, 1.807) is 19.9 Å². The summed E-state index contributed by atoms with van der Waals surface area (Å²) in [6.07, 6.45) is 4.04. The number of carbonyl (C=O) groups excluding carboxylic acids is 2. The Labute approximate surface area is 143 Å². The molecule has 0 radical (unpaired) electrons. The van der Waals surface area contributed by atoms with Gasteiger partial charge in [0.05, 0.1) is 6.54 Å². The average molecular weight is 336 g/mol. The number of carbonyl (C=O) groups is 2. The molecule has 6 nitrogen and oxygen atoms in total. The molecule has 24 heavy (non-hydrogen) atoms. The average Bonchev–Trinajstić information content (AvgIpc) is 3.12. The summed E-state index contributed by atoms with van der Waals surface area (Å²) in [5, 5.41) is 16.3. The maximum Gasteiger partial charge on any atom is 0.242 e. The standard InChI is InChI=1S/C18H28N2O4/c1-11-9-15(12(2)24-11)18(4,23)10-19-17(22)16(20-13(3)21)14-7-5-6-8-14/h9,14,16,23H,5-8,10H2,1-4H3,(H,19,22)(H,20,21)/t16-,18-/m0/s1. The summed E-state index contributed by atoms with van der Waals surface area (Å²) >= 11 is 0. The van der Waals surface area contributed by atoms with Crippen molar-refractivity contribution in [2.75, 3.05) is 6.54 Å². The van der Waals surface area contributed by atoms with Crippen molar-refractivity contribution in [1.82, 2.24) is 10.6 Å². The predicted octanol–water partition coefficient (Wildman–Crippen LogP) is 1.92. The monoisotopic (exact) mass is 336 g/mol. The van der Waals surface area contributed by atoms with Gasteiger partial charge in [-0.1, -0.05) is 12.8 Å². The van der Waals surface area contributed by atoms with Crippen LogP contribution in [0.1, 0.15) is 56.6 Å². The second-order valence-electron chi connectivity index (χ2n) is 7.04. The van der Waals surface area contributed by atoms with E-state index < -0.39 is 11.6 Å². The highest BCUT2D eigenvalue weighted by atomic mass is 16.3. The predicted molar refractivity (Wildman–Crippen MR) is 90.3 cm³/mol. The Morgan fingerprint density at radius 1 is 1.38 bits per heavy atom. The normalized spacial score (nSPS) is 18.9. The van der Waals surface area contributed by atoms with Gasteiger partial charge in [0.25, 0.3) is 0 Å². The van der Waals surface area contributed by atoms with Crippen LogP contribution in [0, 0.1) is 19.8 Å². The van der Waals surface area contributed by atoms with Crippen LogP contribution >= 0.6 is 0 Å². The minimum atomic E-state index is -1.23. The highest BCUT2D eigenvalue weighted by Gasteiger charge is 2.33. The van der Waals surface area contributed by atoms with Crippen LogP contribution in [0.25, 0.3) is 0 Å². The quantitative estimate of drug-likeness (QED) is 0.740. The molecule has 1 aliphatic carbocycles. The molecule has 1 aromatic rings. The largest absolute Gasteiger partial charge is 0.466 e. The summed E-state index contributed by atoms with van der Waals surface area (Å²) in [6.45, 7) is 6.74. The summed E-state index contributed by atoms with van der Waals surface area (Å²) < 4.78 is 5.46. The van der Waals surface area contributed by atoms with Gasteiger partial charge in [0.15, 0.2) is 0 Å². The molecular formula is C18H28N2O4. The van der Waals surface area contributed by atoms with Gasteiger partial charge in [-0.3, -0.25) is 9.59 Å². The van der Waals surface area contributed by atoms with Gasteiger partial charge < -0.3 is 20.2 Å². The topological polar surface area (TPSA) is 91.6 Å². The molecule has 0 unspecified atom stereocenters. The Morgan fingerprint density at radius 2 is 2.00 bits per heavy atom. The van der Waals surface area contributed by atoms with E-state index in [1.807, 2.05) is 6.92 Å². The zero-order chi connectivity index (χ0) is 17.9. The molecule has 2 rings (SSSR count). The molecule has 1 fully saturated rings. The molecular weight excluding hydrogens is 308 g/mol. The first-order valence-electron chi connectivity index (χ1n) is 8.55. The zero-order valence-corrected chi connectivity index (χ0v) is 14.9. The van der Waals surface area contributed by atoms with E-state index in [1.165, 1.54) is 6.92 Å². The highest BCUT2D eigenvalue weighted by Crippen LogP contribution is 2.29. The lowest BCUT2D eigenvalue weighted by Crippen LogP contribution is -2.52. The molecule has 0 spiro atoms. The number of aliphatic hydroxyl groups is 1. The molecule has 1 saturated carbocycles. The maximum absolute atomic E-state index is 12.6. The van der Waals surface area contributed by atoms with Crippen molar-refractivity contribution in [2.24, 2.45) is 5.92 Å². The van der Waals surface area contributed by atoms with Gasteiger partial charge in [0.2, 0.25) is 11.8 Å². The van der Waals surface area contributed by atoms with Crippen molar-refractivity contribution in [3.63, 3.8) is 0 Å². The molecule has 0 bridgehead atoms. The van der Waals surface area contributed by atoms with E-state index in [0.717, 1.165) is 31.4 Å². The Kier molecular flexibility index (Phi) is 5.70. The number of rotatable bonds is 6. The van der Waals surface area contributed by atoms with Crippen LogP contribution in [0.3, 0.4) is 0 Å². The number of hydrogen-bond donors (Lipinski definition) is 3. The second kappa shape index (κ2) is 7.38. The van der Waals surface area contributed by atoms with Crippen LogP contribution in [0.5, 0.6) is 0 Å². The lowest BCUT2D eigenvalue weighted by molar-refractivity contribution is -0.130. The molecule has 1 aromatic heterocycles. The molecule has 0 aliphatic heterocycles. The summed E-state index contributed by atoms with van der Waals surface area (Å²) in [5.74, 6) is 1.07. The van der Waals surface area contributed by atoms with E-state index in [2.05, 4.69) is 10.6 Å². The molecule has 0 aromatic carbocycles. The summed E-state index contributed by atoms with van der Waals surface area (Å²) in [6, 6.07) is 1.25. The smallest absolute Gasteiger partial charge is 0.242 e. The summed E-state index contributed by atoms with van der Waals surface area (Å²) in [7, 11) is 0. The fourth-order valence-electron chi connectivity index (χ4n) is 3.54. The number of amides is 2. The number of furan rings is 1. The first-order valence-corrected chi connectivity index (χ1v) is 8.55.